The van der Waals surface area contributed by atoms with Gasteiger partial charge in [0.2, 0.25) is 11.8 Å². The van der Waals surface area contributed by atoms with E-state index in [0.717, 1.165) is 11.1 Å². The van der Waals surface area contributed by atoms with Crippen molar-refractivity contribution in [3.05, 3.63) is 59.1 Å². The summed E-state index contributed by atoms with van der Waals surface area (Å²) in [6.07, 6.45) is 0.572. The molecule has 0 radical (unpaired) electrons. The Bertz CT molecular complexity index is 872. The number of likely N-dealkylation sites (tertiary alicyclic amines) is 2. The van der Waals surface area contributed by atoms with Crippen LogP contribution >= 0.6 is 11.6 Å². The van der Waals surface area contributed by atoms with Crippen LogP contribution < -0.4 is 0 Å². The first-order valence-corrected chi connectivity index (χ1v) is 8.91. The summed E-state index contributed by atoms with van der Waals surface area (Å²) in [6, 6.07) is 14.7. The highest BCUT2D eigenvalue weighted by Gasteiger charge is 2.42. The number of carbonyl (C=O) groups is 3. The van der Waals surface area contributed by atoms with Gasteiger partial charge in [-0.3, -0.25) is 19.3 Å². The molecule has 4 rings (SSSR count). The van der Waals surface area contributed by atoms with Gasteiger partial charge in [0.05, 0.1) is 6.04 Å². The fraction of sp³-hybridized carbons (Fsp3) is 0.250. The van der Waals surface area contributed by atoms with Crippen molar-refractivity contribution in [2.45, 2.75) is 18.9 Å². The zero-order chi connectivity index (χ0) is 18.3. The topological polar surface area (TPSA) is 57.7 Å². The minimum atomic E-state index is -0.174. The van der Waals surface area contributed by atoms with Gasteiger partial charge in [-0.05, 0) is 35.4 Å². The third kappa shape index (κ3) is 2.99. The number of nitrogens with zero attached hydrogens (tertiary/aromatic N) is 2. The molecule has 0 aliphatic carbocycles. The molecule has 2 fully saturated rings. The fourth-order valence-electron chi connectivity index (χ4n) is 3.44. The summed E-state index contributed by atoms with van der Waals surface area (Å²) in [6.45, 7) is 0.818. The standard InChI is InChI=1S/C20H17ClN2O3/c21-16-3-1-2-15(10-16)13-4-6-14(7-5-13)20(26)22-11-17(12-22)23-18(24)8-9-19(23)25/h1-7,10,17H,8-9,11-12H2. The highest BCUT2D eigenvalue weighted by molar-refractivity contribution is 6.30. The van der Waals surface area contributed by atoms with Gasteiger partial charge in [0.25, 0.3) is 5.91 Å². The average molecular weight is 369 g/mol. The van der Waals surface area contributed by atoms with Crippen molar-refractivity contribution in [2.24, 2.45) is 0 Å². The van der Waals surface area contributed by atoms with Crippen LogP contribution in [0.25, 0.3) is 11.1 Å². The predicted octanol–water partition coefficient (Wildman–Crippen LogP) is 2.98. The van der Waals surface area contributed by atoms with Crippen molar-refractivity contribution < 1.29 is 14.4 Å². The number of hydrogen-bond acceptors (Lipinski definition) is 3. The molecule has 2 saturated heterocycles. The Morgan fingerprint density at radius 1 is 0.923 bits per heavy atom. The number of imide groups is 1. The molecule has 0 spiro atoms. The number of amides is 3. The van der Waals surface area contributed by atoms with Crippen LogP contribution in [0.1, 0.15) is 23.2 Å². The lowest BCUT2D eigenvalue weighted by Crippen LogP contribution is -2.62. The second-order valence-electron chi connectivity index (χ2n) is 6.61. The van der Waals surface area contributed by atoms with Crippen molar-refractivity contribution in [3.63, 3.8) is 0 Å². The lowest BCUT2D eigenvalue weighted by atomic mass is 10.0. The molecule has 0 unspecified atom stereocenters. The van der Waals surface area contributed by atoms with Gasteiger partial charge in [-0.25, -0.2) is 0 Å². The number of carbonyl (C=O) groups excluding carboxylic acids is 3. The van der Waals surface area contributed by atoms with E-state index in [0.29, 0.717) is 23.7 Å². The van der Waals surface area contributed by atoms with Crippen molar-refractivity contribution in [3.8, 4) is 11.1 Å². The lowest BCUT2D eigenvalue weighted by Gasteiger charge is -2.43. The van der Waals surface area contributed by atoms with Gasteiger partial charge in [-0.1, -0.05) is 35.9 Å². The van der Waals surface area contributed by atoms with Crippen molar-refractivity contribution in [1.29, 1.82) is 0 Å². The molecule has 2 aromatic rings. The Kier molecular flexibility index (Phi) is 4.24. The van der Waals surface area contributed by atoms with Gasteiger partial charge in [-0.15, -0.1) is 0 Å². The zero-order valence-corrected chi connectivity index (χ0v) is 14.8. The van der Waals surface area contributed by atoms with Crippen molar-refractivity contribution in [1.82, 2.24) is 9.80 Å². The third-order valence-electron chi connectivity index (χ3n) is 4.89. The van der Waals surface area contributed by atoms with Gasteiger partial charge < -0.3 is 4.90 Å². The highest BCUT2D eigenvalue weighted by Crippen LogP contribution is 2.26. The molecule has 0 bridgehead atoms. The van der Waals surface area contributed by atoms with Gasteiger partial charge in [0.15, 0.2) is 0 Å². The fourth-order valence-corrected chi connectivity index (χ4v) is 3.63. The number of hydrogen-bond donors (Lipinski definition) is 0. The first kappa shape index (κ1) is 16.8. The Labute approximate surface area is 156 Å². The van der Waals surface area contributed by atoms with Crippen LogP contribution in [0.2, 0.25) is 5.02 Å². The van der Waals surface area contributed by atoms with Gasteiger partial charge in [-0.2, -0.15) is 0 Å². The van der Waals surface area contributed by atoms with E-state index in [1.165, 1.54) is 4.90 Å². The number of benzene rings is 2. The number of rotatable bonds is 3. The Balaban J connectivity index is 1.42. The summed E-state index contributed by atoms with van der Waals surface area (Å²) in [5.41, 5.74) is 2.57. The molecule has 0 N–H and O–H groups in total. The molecule has 2 aromatic carbocycles. The van der Waals surface area contributed by atoms with E-state index in [4.69, 9.17) is 11.6 Å². The summed E-state index contributed by atoms with van der Waals surface area (Å²) < 4.78 is 0. The van der Waals surface area contributed by atoms with Crippen LogP contribution in [0.5, 0.6) is 0 Å². The minimum absolute atomic E-state index is 0.0852. The van der Waals surface area contributed by atoms with Gasteiger partial charge in [0, 0.05) is 36.5 Å². The SMILES string of the molecule is O=C(c1ccc(-c2cccc(Cl)c2)cc1)N1CC(N2C(=O)CCC2=O)C1. The molecule has 0 aromatic heterocycles. The minimum Gasteiger partial charge on any atom is -0.334 e. The number of halogens is 1. The lowest BCUT2D eigenvalue weighted by molar-refractivity contribution is -0.144. The average Bonchev–Trinajstić information content (AvgIpc) is 2.93. The molecule has 0 saturated carbocycles. The van der Waals surface area contributed by atoms with Gasteiger partial charge in [0.1, 0.15) is 0 Å². The summed E-state index contributed by atoms with van der Waals surface area (Å²) in [4.78, 5) is 39.1. The van der Waals surface area contributed by atoms with E-state index in [2.05, 4.69) is 0 Å². The molecule has 2 heterocycles. The van der Waals surface area contributed by atoms with Crippen LogP contribution in [0.4, 0.5) is 0 Å². The maximum atomic E-state index is 12.6. The Morgan fingerprint density at radius 2 is 1.58 bits per heavy atom. The molecular weight excluding hydrogens is 352 g/mol. The Hall–Kier alpha value is -2.66. The highest BCUT2D eigenvalue weighted by atomic mass is 35.5. The van der Waals surface area contributed by atoms with E-state index in [1.54, 1.807) is 17.0 Å². The molecule has 3 amide bonds. The van der Waals surface area contributed by atoms with E-state index in [1.807, 2.05) is 36.4 Å². The molecule has 132 valence electrons. The first-order chi connectivity index (χ1) is 12.5. The van der Waals surface area contributed by atoms with E-state index in [9.17, 15) is 14.4 Å². The van der Waals surface area contributed by atoms with Crippen LogP contribution in [0, 0.1) is 0 Å². The molecular formula is C20H17ClN2O3. The molecule has 6 heteroatoms. The quantitative estimate of drug-likeness (QED) is 0.782. The second-order valence-corrected chi connectivity index (χ2v) is 7.05. The third-order valence-corrected chi connectivity index (χ3v) is 5.13. The summed E-state index contributed by atoms with van der Waals surface area (Å²) in [7, 11) is 0. The van der Waals surface area contributed by atoms with Gasteiger partial charge >= 0.3 is 0 Å². The summed E-state index contributed by atoms with van der Waals surface area (Å²) in [5.74, 6) is -0.339. The van der Waals surface area contributed by atoms with E-state index < -0.39 is 0 Å². The van der Waals surface area contributed by atoms with Crippen LogP contribution in [-0.4, -0.2) is 46.7 Å². The largest absolute Gasteiger partial charge is 0.334 e. The Morgan fingerprint density at radius 3 is 2.19 bits per heavy atom. The predicted molar refractivity (Wildman–Crippen MR) is 97.7 cm³/mol. The normalized spacial score (nSPS) is 17.6. The summed E-state index contributed by atoms with van der Waals surface area (Å²) in [5, 5.41) is 0.667. The molecule has 2 aliphatic heterocycles. The zero-order valence-electron chi connectivity index (χ0n) is 14.0. The van der Waals surface area contributed by atoms with Crippen molar-refractivity contribution >= 4 is 29.3 Å². The maximum Gasteiger partial charge on any atom is 0.253 e. The van der Waals surface area contributed by atoms with E-state index in [-0.39, 0.29) is 36.6 Å². The smallest absolute Gasteiger partial charge is 0.253 e. The molecule has 5 nitrogen and oxygen atoms in total. The van der Waals surface area contributed by atoms with Crippen LogP contribution in [-0.2, 0) is 9.59 Å². The first-order valence-electron chi connectivity index (χ1n) is 8.53. The van der Waals surface area contributed by atoms with E-state index >= 15 is 0 Å². The van der Waals surface area contributed by atoms with Crippen LogP contribution in [0.15, 0.2) is 48.5 Å². The van der Waals surface area contributed by atoms with Crippen molar-refractivity contribution in [2.75, 3.05) is 13.1 Å². The van der Waals surface area contributed by atoms with Crippen LogP contribution in [0.3, 0.4) is 0 Å². The molecule has 2 aliphatic rings. The second kappa shape index (κ2) is 6.57. The molecule has 0 atom stereocenters. The maximum absolute atomic E-state index is 12.6. The monoisotopic (exact) mass is 368 g/mol. The molecule has 26 heavy (non-hydrogen) atoms. The summed E-state index contributed by atoms with van der Waals surface area (Å²) >= 11 is 6.02.